The molecule has 0 aliphatic rings. The third-order valence-corrected chi connectivity index (χ3v) is 12.5. The molecule has 0 aliphatic carbocycles. The van der Waals surface area contributed by atoms with Gasteiger partial charge in [0.05, 0.1) is 0 Å². The van der Waals surface area contributed by atoms with Gasteiger partial charge in [-0.2, -0.15) is 0 Å². The largest absolute Gasteiger partial charge is 0.140 e. The molecule has 5 heteroatoms. The van der Waals surface area contributed by atoms with E-state index in [1.165, 1.54) is 51.4 Å². The standard InChI is InChI=1S/C12H26ClPS3/c1-3-5-7-9-11-16-14(13,15)17-12-10-8-6-4-2/h3-12H2,1-2H3. The molecule has 0 unspecified atom stereocenters. The lowest BCUT2D eigenvalue weighted by molar-refractivity contribution is 0.707. The summed E-state index contributed by atoms with van der Waals surface area (Å²) in [6.07, 6.45) is 10.5. The summed E-state index contributed by atoms with van der Waals surface area (Å²) >= 11 is 15.6. The molecule has 17 heavy (non-hydrogen) atoms. The maximum Gasteiger partial charge on any atom is 0.140 e. The third-order valence-electron chi connectivity index (χ3n) is 2.49. The molecule has 0 fully saturated rings. The minimum atomic E-state index is -1.65. The van der Waals surface area contributed by atoms with E-state index in [-0.39, 0.29) is 0 Å². The fourth-order valence-corrected chi connectivity index (χ4v) is 9.52. The monoisotopic (exact) mass is 332 g/mol. The van der Waals surface area contributed by atoms with Gasteiger partial charge in [0.25, 0.3) is 0 Å². The number of hydrogen-bond acceptors (Lipinski definition) is 3. The van der Waals surface area contributed by atoms with Crippen LogP contribution in [-0.4, -0.2) is 11.5 Å². The SMILES string of the molecule is CCCCCCSP(=S)(Cl)SCCCCCC. The van der Waals surface area contributed by atoms with Crippen molar-refractivity contribution >= 4 is 49.6 Å². The lowest BCUT2D eigenvalue weighted by Crippen LogP contribution is -1.81. The highest BCUT2D eigenvalue weighted by atomic mass is 35.7. The molecule has 0 aromatic heterocycles. The van der Waals surface area contributed by atoms with Crippen molar-refractivity contribution in [3.63, 3.8) is 0 Å². The average Bonchev–Trinajstić information content (AvgIpc) is 2.28. The Morgan fingerprint density at radius 2 is 1.24 bits per heavy atom. The van der Waals surface area contributed by atoms with Crippen molar-refractivity contribution < 1.29 is 0 Å². The van der Waals surface area contributed by atoms with Gasteiger partial charge in [-0.3, -0.25) is 0 Å². The van der Waals surface area contributed by atoms with Gasteiger partial charge in [-0.15, -0.1) is 0 Å². The van der Waals surface area contributed by atoms with Crippen LogP contribution < -0.4 is 0 Å². The second kappa shape index (κ2) is 12.7. The van der Waals surface area contributed by atoms with Crippen LogP contribution in [0.3, 0.4) is 0 Å². The topological polar surface area (TPSA) is 0 Å². The van der Waals surface area contributed by atoms with Crippen molar-refractivity contribution in [1.82, 2.24) is 0 Å². The summed E-state index contributed by atoms with van der Waals surface area (Å²) < 4.78 is -1.65. The summed E-state index contributed by atoms with van der Waals surface area (Å²) in [5, 5.41) is 0. The summed E-state index contributed by atoms with van der Waals surface area (Å²) in [5.74, 6) is 2.31. The maximum atomic E-state index is 6.41. The molecule has 0 aliphatic heterocycles. The molecule has 0 rings (SSSR count). The van der Waals surface area contributed by atoms with Crippen LogP contribution in [0, 0.1) is 0 Å². The highest BCUT2D eigenvalue weighted by Crippen LogP contribution is 2.73. The van der Waals surface area contributed by atoms with Gasteiger partial charge in [0.2, 0.25) is 0 Å². The normalized spacial score (nSPS) is 11.9. The molecular weight excluding hydrogens is 307 g/mol. The van der Waals surface area contributed by atoms with Gasteiger partial charge in [0, 0.05) is 11.5 Å². The third kappa shape index (κ3) is 13.9. The molecule has 0 radical (unpaired) electrons. The van der Waals surface area contributed by atoms with Crippen LogP contribution in [0.5, 0.6) is 0 Å². The van der Waals surface area contributed by atoms with Crippen molar-refractivity contribution in [3.8, 4) is 0 Å². The second-order valence-electron chi connectivity index (χ2n) is 4.22. The number of hydrogen-bond donors (Lipinski definition) is 0. The Bertz CT molecular complexity index is 194. The van der Waals surface area contributed by atoms with Gasteiger partial charge in [0.15, 0.2) is 0 Å². The average molecular weight is 333 g/mol. The molecule has 0 atom stereocenters. The first-order chi connectivity index (χ1) is 8.12. The van der Waals surface area contributed by atoms with Crippen molar-refractivity contribution in [3.05, 3.63) is 0 Å². The van der Waals surface area contributed by atoms with E-state index < -0.39 is 3.79 Å². The van der Waals surface area contributed by atoms with Gasteiger partial charge in [-0.05, 0) is 12.8 Å². The minimum Gasteiger partial charge on any atom is -0.0995 e. The van der Waals surface area contributed by atoms with Gasteiger partial charge in [-0.1, -0.05) is 98.2 Å². The molecule has 0 aromatic rings. The number of halogens is 1. The summed E-state index contributed by atoms with van der Waals surface area (Å²) in [6.45, 7) is 4.48. The van der Waals surface area contributed by atoms with Crippen LogP contribution in [0.2, 0.25) is 0 Å². The van der Waals surface area contributed by atoms with E-state index in [0.717, 1.165) is 11.5 Å². The summed E-state index contributed by atoms with van der Waals surface area (Å²) in [5.41, 5.74) is 0. The first kappa shape index (κ1) is 18.6. The van der Waals surface area contributed by atoms with E-state index in [0.29, 0.717) is 0 Å². The quantitative estimate of drug-likeness (QED) is 0.277. The van der Waals surface area contributed by atoms with E-state index in [9.17, 15) is 0 Å². The molecular formula is C12H26ClPS3. The lowest BCUT2D eigenvalue weighted by atomic mass is 10.2. The zero-order valence-corrected chi connectivity index (χ0v) is 15.2. The summed E-state index contributed by atoms with van der Waals surface area (Å²) in [7, 11) is 0. The highest BCUT2D eigenvalue weighted by Gasteiger charge is 2.13. The number of rotatable bonds is 12. The smallest absolute Gasteiger partial charge is 0.0995 e. The van der Waals surface area contributed by atoms with Crippen LogP contribution in [0.15, 0.2) is 0 Å². The van der Waals surface area contributed by atoms with Crippen molar-refractivity contribution in [2.45, 2.75) is 65.2 Å². The Labute approximate surface area is 126 Å². The van der Waals surface area contributed by atoms with E-state index >= 15 is 0 Å². The molecule has 0 N–H and O–H groups in total. The molecule has 0 aromatic carbocycles. The Balaban J connectivity index is 3.42. The fraction of sp³-hybridized carbons (Fsp3) is 1.00. The first-order valence-electron chi connectivity index (χ1n) is 6.71. The van der Waals surface area contributed by atoms with Gasteiger partial charge < -0.3 is 0 Å². The zero-order chi connectivity index (χ0) is 13.0. The molecule has 0 saturated carbocycles. The predicted molar refractivity (Wildman–Crippen MR) is 93.3 cm³/mol. The van der Waals surface area contributed by atoms with Crippen LogP contribution in [0.25, 0.3) is 0 Å². The lowest BCUT2D eigenvalue weighted by Gasteiger charge is -2.12. The summed E-state index contributed by atoms with van der Waals surface area (Å²) in [4.78, 5) is 0. The van der Waals surface area contributed by atoms with Crippen LogP contribution in [-0.2, 0) is 11.8 Å². The Kier molecular flexibility index (Phi) is 13.9. The minimum absolute atomic E-state index is 1.16. The first-order valence-corrected chi connectivity index (χ1v) is 13.6. The Morgan fingerprint density at radius 1 is 0.824 bits per heavy atom. The van der Waals surface area contributed by atoms with Crippen LogP contribution in [0.4, 0.5) is 0 Å². The van der Waals surface area contributed by atoms with E-state index in [2.05, 4.69) is 13.8 Å². The van der Waals surface area contributed by atoms with E-state index in [1.807, 2.05) is 22.8 Å². The van der Waals surface area contributed by atoms with Gasteiger partial charge >= 0.3 is 0 Å². The predicted octanol–water partition coefficient (Wildman–Crippen LogP) is 7.08. The van der Waals surface area contributed by atoms with Gasteiger partial charge in [0.1, 0.15) is 3.79 Å². The molecule has 0 bridgehead atoms. The molecule has 0 nitrogen and oxygen atoms in total. The molecule has 0 saturated heterocycles. The molecule has 0 heterocycles. The van der Waals surface area contributed by atoms with Gasteiger partial charge in [-0.25, -0.2) is 0 Å². The second-order valence-corrected chi connectivity index (χ2v) is 18.3. The van der Waals surface area contributed by atoms with Crippen LogP contribution >= 0.6 is 37.8 Å². The van der Waals surface area contributed by atoms with E-state index in [1.54, 1.807) is 0 Å². The molecule has 0 amide bonds. The molecule has 104 valence electrons. The van der Waals surface area contributed by atoms with Crippen molar-refractivity contribution in [2.75, 3.05) is 11.5 Å². The maximum absolute atomic E-state index is 6.41. The van der Waals surface area contributed by atoms with Crippen LogP contribution in [0.1, 0.15) is 65.2 Å². The fourth-order valence-electron chi connectivity index (χ4n) is 1.44. The van der Waals surface area contributed by atoms with E-state index in [4.69, 9.17) is 23.0 Å². The zero-order valence-electron chi connectivity index (χ0n) is 11.1. The summed E-state index contributed by atoms with van der Waals surface area (Å²) in [6, 6.07) is 0. The highest BCUT2D eigenvalue weighted by molar-refractivity contribution is 9.06. The Hall–Kier alpha value is 1.64. The Morgan fingerprint density at radius 3 is 1.59 bits per heavy atom. The van der Waals surface area contributed by atoms with Crippen molar-refractivity contribution in [2.24, 2.45) is 0 Å². The molecule has 0 spiro atoms. The number of unbranched alkanes of at least 4 members (excludes halogenated alkanes) is 6. The van der Waals surface area contributed by atoms with Crippen molar-refractivity contribution in [1.29, 1.82) is 0 Å².